The lowest BCUT2D eigenvalue weighted by Gasteiger charge is -2.36. The maximum absolute atomic E-state index is 5.50. The Kier molecular flexibility index (Phi) is 5.46. The Balaban J connectivity index is 1.45. The minimum atomic E-state index is 0.653. The van der Waals surface area contributed by atoms with E-state index in [4.69, 9.17) is 9.72 Å². The first-order valence-corrected chi connectivity index (χ1v) is 9.81. The van der Waals surface area contributed by atoms with Gasteiger partial charge in [0.25, 0.3) is 0 Å². The fourth-order valence-electron chi connectivity index (χ4n) is 3.55. The van der Waals surface area contributed by atoms with Crippen molar-refractivity contribution in [2.24, 2.45) is 0 Å². The molecule has 1 N–H and O–H groups in total. The minimum absolute atomic E-state index is 0.653. The van der Waals surface area contributed by atoms with Crippen molar-refractivity contribution < 1.29 is 4.74 Å². The molecule has 1 aromatic heterocycles. The van der Waals surface area contributed by atoms with Gasteiger partial charge in [0, 0.05) is 31.9 Å². The molecule has 0 aliphatic carbocycles. The number of benzene rings is 2. The highest BCUT2D eigenvalue weighted by atomic mass is 16.5. The number of para-hydroxylation sites is 2. The summed E-state index contributed by atoms with van der Waals surface area (Å²) in [6, 6.07) is 14.3. The van der Waals surface area contributed by atoms with Gasteiger partial charge in [-0.2, -0.15) is 10.1 Å². The van der Waals surface area contributed by atoms with E-state index in [0.717, 1.165) is 43.3 Å². The first-order chi connectivity index (χ1) is 14.2. The third kappa shape index (κ3) is 4.08. The fraction of sp³-hybridized carbons (Fsp3) is 0.318. The van der Waals surface area contributed by atoms with E-state index < -0.39 is 0 Å². The minimum Gasteiger partial charge on any atom is -0.495 e. The quantitative estimate of drug-likeness (QED) is 0.714. The molecule has 1 fully saturated rings. The van der Waals surface area contributed by atoms with Crippen molar-refractivity contribution in [1.29, 1.82) is 0 Å². The van der Waals surface area contributed by atoms with Gasteiger partial charge in [-0.3, -0.25) is 0 Å². The summed E-state index contributed by atoms with van der Waals surface area (Å²) < 4.78 is 5.50. The summed E-state index contributed by atoms with van der Waals surface area (Å²) in [5, 5.41) is 11.8. The highest BCUT2D eigenvalue weighted by Gasteiger charge is 2.21. The van der Waals surface area contributed by atoms with Crippen LogP contribution in [0.4, 0.5) is 23.1 Å². The Morgan fingerprint density at radius 3 is 2.48 bits per heavy atom. The predicted octanol–water partition coefficient (Wildman–Crippen LogP) is 3.57. The Morgan fingerprint density at radius 2 is 1.69 bits per heavy atom. The lowest BCUT2D eigenvalue weighted by molar-refractivity contribution is 0.413. The van der Waals surface area contributed by atoms with E-state index in [1.165, 1.54) is 11.1 Å². The summed E-state index contributed by atoms with van der Waals surface area (Å²) in [7, 11) is 1.71. The number of hydrogen-bond donors (Lipinski definition) is 1. The van der Waals surface area contributed by atoms with E-state index in [0.29, 0.717) is 11.8 Å². The van der Waals surface area contributed by atoms with Crippen molar-refractivity contribution in [3.63, 3.8) is 0 Å². The molecule has 2 aromatic carbocycles. The summed E-state index contributed by atoms with van der Waals surface area (Å²) in [6.07, 6.45) is 1.66. The van der Waals surface area contributed by atoms with Crippen LogP contribution in [0.25, 0.3) is 0 Å². The van der Waals surface area contributed by atoms with Gasteiger partial charge in [-0.05, 0) is 43.2 Å². The monoisotopic (exact) mass is 390 g/mol. The third-order valence-corrected chi connectivity index (χ3v) is 5.40. The molecule has 2 heterocycles. The number of nitrogens with zero attached hydrogens (tertiary/aromatic N) is 5. The molecule has 1 aliphatic heterocycles. The van der Waals surface area contributed by atoms with E-state index in [-0.39, 0.29) is 0 Å². The Hall–Kier alpha value is -3.35. The number of rotatable bonds is 5. The Bertz CT molecular complexity index is 985. The molecule has 150 valence electrons. The maximum atomic E-state index is 5.50. The van der Waals surface area contributed by atoms with Crippen LogP contribution in [0.3, 0.4) is 0 Å². The first kappa shape index (κ1) is 19.0. The van der Waals surface area contributed by atoms with Gasteiger partial charge in [0.2, 0.25) is 5.95 Å². The van der Waals surface area contributed by atoms with Crippen LogP contribution in [0, 0.1) is 13.8 Å². The molecule has 29 heavy (non-hydrogen) atoms. The zero-order chi connectivity index (χ0) is 20.2. The zero-order valence-corrected chi connectivity index (χ0v) is 17.1. The van der Waals surface area contributed by atoms with Crippen molar-refractivity contribution in [2.45, 2.75) is 13.8 Å². The average Bonchev–Trinajstić information content (AvgIpc) is 2.77. The molecular formula is C22H26N6O. The second-order valence-corrected chi connectivity index (χ2v) is 7.16. The molecule has 1 aliphatic rings. The molecule has 0 bridgehead atoms. The van der Waals surface area contributed by atoms with Gasteiger partial charge in [-0.25, -0.2) is 0 Å². The van der Waals surface area contributed by atoms with Crippen molar-refractivity contribution >= 4 is 23.1 Å². The van der Waals surface area contributed by atoms with Crippen LogP contribution in [0.15, 0.2) is 48.7 Å². The van der Waals surface area contributed by atoms with Gasteiger partial charge < -0.3 is 19.9 Å². The zero-order valence-electron chi connectivity index (χ0n) is 17.1. The molecule has 0 radical (unpaired) electrons. The fourth-order valence-corrected chi connectivity index (χ4v) is 3.55. The van der Waals surface area contributed by atoms with Gasteiger partial charge in [0.1, 0.15) is 5.75 Å². The lowest BCUT2D eigenvalue weighted by atomic mass is 10.1. The number of aryl methyl sites for hydroxylation is 1. The normalized spacial score (nSPS) is 14.0. The molecule has 7 heteroatoms. The van der Waals surface area contributed by atoms with Gasteiger partial charge in [-0.15, -0.1) is 5.10 Å². The Morgan fingerprint density at radius 1 is 0.931 bits per heavy atom. The summed E-state index contributed by atoms with van der Waals surface area (Å²) in [5.41, 5.74) is 4.61. The highest BCUT2D eigenvalue weighted by Crippen LogP contribution is 2.29. The second kappa shape index (κ2) is 8.34. The van der Waals surface area contributed by atoms with E-state index in [1.54, 1.807) is 13.3 Å². The number of hydrogen-bond acceptors (Lipinski definition) is 7. The summed E-state index contributed by atoms with van der Waals surface area (Å²) >= 11 is 0. The van der Waals surface area contributed by atoms with Crippen molar-refractivity contribution in [3.05, 3.63) is 59.8 Å². The molecule has 0 saturated carbocycles. The van der Waals surface area contributed by atoms with E-state index in [1.807, 2.05) is 24.3 Å². The van der Waals surface area contributed by atoms with Crippen LogP contribution in [0.5, 0.6) is 5.75 Å². The maximum Gasteiger partial charge on any atom is 0.247 e. The molecule has 0 atom stereocenters. The summed E-state index contributed by atoms with van der Waals surface area (Å²) in [4.78, 5) is 9.20. The molecular weight excluding hydrogens is 364 g/mol. The topological polar surface area (TPSA) is 66.4 Å². The summed E-state index contributed by atoms with van der Waals surface area (Å²) in [5.74, 6) is 2.26. The van der Waals surface area contributed by atoms with Crippen molar-refractivity contribution in [1.82, 2.24) is 15.2 Å². The molecule has 7 nitrogen and oxygen atoms in total. The van der Waals surface area contributed by atoms with Crippen LogP contribution in [0.1, 0.15) is 11.1 Å². The van der Waals surface area contributed by atoms with Gasteiger partial charge in [0.15, 0.2) is 5.82 Å². The molecule has 3 aromatic rings. The van der Waals surface area contributed by atoms with Gasteiger partial charge in [-0.1, -0.05) is 24.3 Å². The predicted molar refractivity (Wildman–Crippen MR) is 116 cm³/mol. The van der Waals surface area contributed by atoms with Crippen LogP contribution in [0.2, 0.25) is 0 Å². The Labute approximate surface area is 171 Å². The SMILES string of the molecule is COc1ccccc1N1CCN(c2nncc(Nc3cccc(C)c3C)n2)CC1. The standard InChI is InChI=1S/C22H26N6O/c1-16-7-6-8-18(17(16)2)24-21-15-23-26-22(25-21)28-13-11-27(12-14-28)19-9-4-5-10-20(19)29-3/h4-10,15H,11-14H2,1-3H3,(H,24,25,26). The number of ether oxygens (including phenoxy) is 1. The number of aromatic nitrogens is 3. The number of nitrogens with one attached hydrogen (secondary N) is 1. The van der Waals surface area contributed by atoms with Crippen LogP contribution in [-0.2, 0) is 0 Å². The van der Waals surface area contributed by atoms with Gasteiger partial charge in [0.05, 0.1) is 19.0 Å². The molecule has 0 unspecified atom stereocenters. The van der Waals surface area contributed by atoms with Crippen molar-refractivity contribution in [3.8, 4) is 5.75 Å². The largest absolute Gasteiger partial charge is 0.495 e. The van der Waals surface area contributed by atoms with Crippen LogP contribution >= 0.6 is 0 Å². The van der Waals surface area contributed by atoms with E-state index in [2.05, 4.69) is 57.4 Å². The average molecular weight is 390 g/mol. The van der Waals surface area contributed by atoms with Crippen molar-refractivity contribution in [2.75, 3.05) is 48.4 Å². The lowest BCUT2D eigenvalue weighted by Crippen LogP contribution is -2.47. The van der Waals surface area contributed by atoms with E-state index in [9.17, 15) is 0 Å². The second-order valence-electron chi connectivity index (χ2n) is 7.16. The number of anilines is 4. The molecule has 0 amide bonds. The van der Waals surface area contributed by atoms with Crippen LogP contribution < -0.4 is 19.9 Å². The molecule has 1 saturated heterocycles. The first-order valence-electron chi connectivity index (χ1n) is 9.81. The third-order valence-electron chi connectivity index (χ3n) is 5.40. The van der Waals surface area contributed by atoms with Crippen LogP contribution in [-0.4, -0.2) is 48.5 Å². The highest BCUT2D eigenvalue weighted by molar-refractivity contribution is 5.62. The van der Waals surface area contributed by atoms with E-state index >= 15 is 0 Å². The smallest absolute Gasteiger partial charge is 0.247 e. The summed E-state index contributed by atoms with van der Waals surface area (Å²) in [6.45, 7) is 7.60. The van der Waals surface area contributed by atoms with Gasteiger partial charge >= 0.3 is 0 Å². The molecule has 0 spiro atoms. The number of methoxy groups -OCH3 is 1. The molecule has 4 rings (SSSR count). The number of piperazine rings is 1.